The molecule has 3 heterocycles. The molecule has 0 atom stereocenters. The molecule has 2 aromatic heterocycles. The van der Waals surface area contributed by atoms with Crippen LogP contribution in [0.25, 0.3) is 11.7 Å². The number of pyridine rings is 1. The average Bonchev–Trinajstić information content (AvgIpc) is 3.04. The lowest BCUT2D eigenvalue weighted by Crippen LogP contribution is -2.29. The van der Waals surface area contributed by atoms with E-state index in [1.807, 2.05) is 13.0 Å². The van der Waals surface area contributed by atoms with Gasteiger partial charge in [0.2, 0.25) is 0 Å². The van der Waals surface area contributed by atoms with Crippen molar-refractivity contribution < 1.29 is 19.4 Å². The fourth-order valence-electron chi connectivity index (χ4n) is 3.12. The lowest BCUT2D eigenvalue weighted by Gasteiger charge is -2.13. The molecule has 0 bridgehead atoms. The molecule has 172 valence electrons. The second-order valence-corrected chi connectivity index (χ2v) is 8.73. The highest BCUT2D eigenvalue weighted by molar-refractivity contribution is 8.26. The third-order valence-electron chi connectivity index (χ3n) is 4.66. The topological polar surface area (TPSA) is 105 Å². The minimum absolute atomic E-state index is 0.0631. The Morgan fingerprint density at radius 1 is 1.28 bits per heavy atom. The molecular formula is C21H26N4O5S2. The molecule has 32 heavy (non-hydrogen) atoms. The summed E-state index contributed by atoms with van der Waals surface area (Å²) in [7, 11) is 1.61. The van der Waals surface area contributed by atoms with Gasteiger partial charge in [-0.2, -0.15) is 0 Å². The van der Waals surface area contributed by atoms with Gasteiger partial charge < -0.3 is 19.9 Å². The van der Waals surface area contributed by atoms with Crippen molar-refractivity contribution in [1.82, 2.24) is 14.3 Å². The summed E-state index contributed by atoms with van der Waals surface area (Å²) in [6.45, 7) is 3.75. The van der Waals surface area contributed by atoms with Crippen LogP contribution in [0.3, 0.4) is 0 Å². The number of carbonyl (C=O) groups is 1. The summed E-state index contributed by atoms with van der Waals surface area (Å²) in [6, 6.07) is 3.64. The van der Waals surface area contributed by atoms with Gasteiger partial charge in [0.1, 0.15) is 15.8 Å². The zero-order valence-electron chi connectivity index (χ0n) is 18.0. The normalized spacial score (nSPS) is 15.3. The van der Waals surface area contributed by atoms with Crippen LogP contribution >= 0.6 is 24.0 Å². The van der Waals surface area contributed by atoms with Gasteiger partial charge in [-0.1, -0.05) is 30.0 Å². The van der Waals surface area contributed by atoms with Crippen molar-refractivity contribution in [2.75, 3.05) is 51.9 Å². The molecule has 2 N–H and O–H groups in total. The van der Waals surface area contributed by atoms with Crippen molar-refractivity contribution >= 4 is 51.7 Å². The van der Waals surface area contributed by atoms with Crippen LogP contribution in [0.1, 0.15) is 17.5 Å². The molecule has 0 unspecified atom stereocenters. The molecule has 3 rings (SSSR count). The van der Waals surface area contributed by atoms with Crippen molar-refractivity contribution in [3.05, 3.63) is 44.7 Å². The predicted octanol–water partition coefficient (Wildman–Crippen LogP) is 1.66. The first-order valence-corrected chi connectivity index (χ1v) is 11.4. The number of aliphatic hydroxyl groups excluding tert-OH is 1. The molecule has 2 aromatic rings. The molecule has 0 radical (unpaired) electrons. The Kier molecular flexibility index (Phi) is 8.76. The average molecular weight is 479 g/mol. The van der Waals surface area contributed by atoms with Crippen LogP contribution in [0.5, 0.6) is 0 Å². The molecule has 1 fully saturated rings. The van der Waals surface area contributed by atoms with Crippen molar-refractivity contribution in [3.8, 4) is 0 Å². The number of thiocarbonyl (C=S) groups is 1. The number of nitrogens with zero attached hydrogens (tertiary/aromatic N) is 3. The summed E-state index contributed by atoms with van der Waals surface area (Å²) in [4.78, 5) is 32.7. The van der Waals surface area contributed by atoms with E-state index in [1.54, 1.807) is 25.4 Å². The summed E-state index contributed by atoms with van der Waals surface area (Å²) in [6.07, 6.45) is 3.93. The highest BCUT2D eigenvalue weighted by atomic mass is 32.2. The first kappa shape index (κ1) is 24.3. The number of methoxy groups -OCH3 is 1. The van der Waals surface area contributed by atoms with E-state index in [9.17, 15) is 9.59 Å². The summed E-state index contributed by atoms with van der Waals surface area (Å²) >= 11 is 6.53. The maximum Gasteiger partial charge on any atom is 0.267 e. The van der Waals surface area contributed by atoms with Gasteiger partial charge in [-0.25, -0.2) is 4.98 Å². The monoisotopic (exact) mass is 478 g/mol. The van der Waals surface area contributed by atoms with Gasteiger partial charge in [-0.3, -0.25) is 18.9 Å². The molecule has 0 spiro atoms. The summed E-state index contributed by atoms with van der Waals surface area (Å²) in [5.41, 5.74) is 1.38. The Hall–Kier alpha value is -2.31. The standard InChI is InChI=1S/C21H26N4O5S2/c1-14-4-5-17-23-18(22-6-10-30-11-8-26)15(19(27)25(17)13-14)12-16-20(28)24(21(31)32-16)7-3-9-29-2/h4-5,12-13,22,26H,3,6-11H2,1-2H3. The van der Waals surface area contributed by atoms with E-state index in [0.29, 0.717) is 53.4 Å². The highest BCUT2D eigenvalue weighted by Gasteiger charge is 2.32. The maximum absolute atomic E-state index is 13.3. The van der Waals surface area contributed by atoms with E-state index in [4.69, 9.17) is 26.8 Å². The molecule has 1 amide bonds. The molecule has 0 aromatic carbocycles. The van der Waals surface area contributed by atoms with Crippen LogP contribution in [0.2, 0.25) is 0 Å². The minimum Gasteiger partial charge on any atom is -0.394 e. The molecule has 1 aliphatic heterocycles. The molecule has 11 heteroatoms. The van der Waals surface area contributed by atoms with Crippen molar-refractivity contribution in [2.24, 2.45) is 0 Å². The Balaban J connectivity index is 1.95. The second kappa shape index (κ2) is 11.5. The zero-order chi connectivity index (χ0) is 23.1. The summed E-state index contributed by atoms with van der Waals surface area (Å²) in [5, 5.41) is 11.9. The smallest absolute Gasteiger partial charge is 0.267 e. The van der Waals surface area contributed by atoms with Crippen LogP contribution in [-0.2, 0) is 14.3 Å². The Morgan fingerprint density at radius 2 is 2.09 bits per heavy atom. The molecule has 1 aliphatic rings. The summed E-state index contributed by atoms with van der Waals surface area (Å²) in [5.74, 6) is 0.123. The number of carbonyl (C=O) groups excluding carboxylic acids is 1. The number of ether oxygens (including phenoxy) is 2. The van der Waals surface area contributed by atoms with Crippen molar-refractivity contribution in [1.29, 1.82) is 0 Å². The Morgan fingerprint density at radius 3 is 2.84 bits per heavy atom. The van der Waals surface area contributed by atoms with E-state index in [1.165, 1.54) is 21.1 Å². The zero-order valence-corrected chi connectivity index (χ0v) is 19.6. The molecule has 1 saturated heterocycles. The van der Waals surface area contributed by atoms with Crippen LogP contribution < -0.4 is 10.9 Å². The Labute approximate surface area is 195 Å². The van der Waals surface area contributed by atoms with E-state index >= 15 is 0 Å². The van der Waals surface area contributed by atoms with E-state index < -0.39 is 0 Å². The van der Waals surface area contributed by atoms with Gasteiger partial charge >= 0.3 is 0 Å². The number of nitrogens with one attached hydrogen (secondary N) is 1. The number of anilines is 1. The van der Waals surface area contributed by atoms with Crippen LogP contribution in [0.15, 0.2) is 28.0 Å². The van der Waals surface area contributed by atoms with Crippen molar-refractivity contribution in [3.63, 3.8) is 0 Å². The number of hydrogen-bond acceptors (Lipinski definition) is 9. The van der Waals surface area contributed by atoms with Gasteiger partial charge in [-0.05, 0) is 31.1 Å². The molecule has 0 aliphatic carbocycles. The highest BCUT2D eigenvalue weighted by Crippen LogP contribution is 2.33. The first-order valence-electron chi connectivity index (χ1n) is 10.2. The van der Waals surface area contributed by atoms with Crippen LogP contribution in [0.4, 0.5) is 5.82 Å². The second-order valence-electron chi connectivity index (χ2n) is 7.06. The molecule has 9 nitrogen and oxygen atoms in total. The molecule has 0 saturated carbocycles. The fourth-order valence-corrected chi connectivity index (χ4v) is 4.41. The SMILES string of the molecule is COCCCN1C(=O)C(=Cc2c(NCCOCCO)nc3ccc(C)cn3c2=O)SC1=S. The third-order valence-corrected chi connectivity index (χ3v) is 6.04. The quantitative estimate of drug-likeness (QED) is 0.283. The Bertz CT molecular complexity index is 1090. The van der Waals surface area contributed by atoms with Crippen molar-refractivity contribution in [2.45, 2.75) is 13.3 Å². The number of amides is 1. The number of aliphatic hydroxyl groups is 1. The van der Waals surface area contributed by atoms with E-state index in [-0.39, 0.29) is 30.2 Å². The third kappa shape index (κ3) is 5.73. The number of hydrogen-bond donors (Lipinski definition) is 2. The van der Waals surface area contributed by atoms with Gasteiger partial charge in [0.05, 0.1) is 30.3 Å². The fraction of sp³-hybridized carbons (Fsp3) is 0.429. The lowest BCUT2D eigenvalue weighted by atomic mass is 10.2. The van der Waals surface area contributed by atoms with Crippen LogP contribution in [-0.4, -0.2) is 76.2 Å². The van der Waals surface area contributed by atoms with E-state index in [2.05, 4.69) is 10.3 Å². The predicted molar refractivity (Wildman–Crippen MR) is 129 cm³/mol. The number of aryl methyl sites for hydroxylation is 1. The van der Waals surface area contributed by atoms with Crippen LogP contribution in [0, 0.1) is 6.92 Å². The summed E-state index contributed by atoms with van der Waals surface area (Å²) < 4.78 is 12.2. The maximum atomic E-state index is 13.3. The number of fused-ring (bicyclic) bond motifs is 1. The largest absolute Gasteiger partial charge is 0.394 e. The van der Waals surface area contributed by atoms with E-state index in [0.717, 1.165) is 5.56 Å². The van der Waals surface area contributed by atoms with Gasteiger partial charge in [0.15, 0.2) is 0 Å². The number of aromatic nitrogens is 2. The lowest BCUT2D eigenvalue weighted by molar-refractivity contribution is -0.122. The molecular weight excluding hydrogens is 452 g/mol. The van der Waals surface area contributed by atoms with Gasteiger partial charge in [-0.15, -0.1) is 0 Å². The number of thioether (sulfide) groups is 1. The van der Waals surface area contributed by atoms with Gasteiger partial charge in [0.25, 0.3) is 11.5 Å². The first-order chi connectivity index (χ1) is 15.5. The number of rotatable bonds is 11. The van der Waals surface area contributed by atoms with Gasteiger partial charge in [0, 0.05) is 33.0 Å². The minimum atomic E-state index is -0.290.